The minimum absolute atomic E-state index is 0.142. The van der Waals surface area contributed by atoms with Gasteiger partial charge in [0.25, 0.3) is 11.9 Å². The molecule has 3 aromatic rings. The van der Waals surface area contributed by atoms with Crippen molar-refractivity contribution in [3.05, 3.63) is 58.8 Å². The number of anilines is 2. The molecule has 0 radical (unpaired) electrons. The zero-order valence-electron chi connectivity index (χ0n) is 23.6. The first-order valence-electron chi connectivity index (χ1n) is 13.1. The Labute approximate surface area is 234 Å². The van der Waals surface area contributed by atoms with Crippen molar-refractivity contribution < 1.29 is 19.0 Å². The molecule has 2 aromatic carbocycles. The number of hydrogen-bond donors (Lipinski definition) is 1. The van der Waals surface area contributed by atoms with E-state index < -0.39 is 0 Å². The normalized spacial score (nSPS) is 16.9. The van der Waals surface area contributed by atoms with Gasteiger partial charge in [-0.05, 0) is 43.8 Å². The predicted octanol–water partition coefficient (Wildman–Crippen LogP) is 2.66. The lowest BCUT2D eigenvalue weighted by Gasteiger charge is -2.34. The SMILES string of the molecule is COc1cc(Cc2cnc(/N=C3\C(=O)N(CN4CCN(C)CC4)c4ccc(C)cc43)nc2N)cc(OC)c1OC. The number of carbonyl (C=O) groups excluding carboxylic acids is 1. The summed E-state index contributed by atoms with van der Waals surface area (Å²) in [5.74, 6) is 1.88. The van der Waals surface area contributed by atoms with Gasteiger partial charge in [0, 0.05) is 49.9 Å². The second kappa shape index (κ2) is 11.5. The molecule has 2 aliphatic heterocycles. The highest BCUT2D eigenvalue weighted by Gasteiger charge is 2.35. The lowest BCUT2D eigenvalue weighted by molar-refractivity contribution is -0.112. The van der Waals surface area contributed by atoms with Gasteiger partial charge < -0.3 is 24.8 Å². The number of aryl methyl sites for hydroxylation is 1. The maximum Gasteiger partial charge on any atom is 0.278 e. The van der Waals surface area contributed by atoms with Crippen molar-refractivity contribution in [2.45, 2.75) is 13.3 Å². The Morgan fingerprint density at radius 3 is 2.33 bits per heavy atom. The summed E-state index contributed by atoms with van der Waals surface area (Å²) < 4.78 is 16.3. The summed E-state index contributed by atoms with van der Waals surface area (Å²) in [5.41, 5.74) is 10.9. The van der Waals surface area contributed by atoms with Gasteiger partial charge in [0.1, 0.15) is 11.5 Å². The molecule has 0 unspecified atom stereocenters. The highest BCUT2D eigenvalue weighted by atomic mass is 16.5. The summed E-state index contributed by atoms with van der Waals surface area (Å²) in [4.78, 5) is 33.5. The van der Waals surface area contributed by atoms with Crippen LogP contribution in [0.15, 0.2) is 41.5 Å². The van der Waals surface area contributed by atoms with Crippen molar-refractivity contribution in [2.75, 3.05) is 71.9 Å². The minimum Gasteiger partial charge on any atom is -0.493 e. The largest absolute Gasteiger partial charge is 0.493 e. The zero-order chi connectivity index (χ0) is 28.4. The molecule has 11 heteroatoms. The molecule has 0 aliphatic carbocycles. The Balaban J connectivity index is 1.41. The van der Waals surface area contributed by atoms with Gasteiger partial charge in [0.15, 0.2) is 11.5 Å². The Hall–Kier alpha value is -4.22. The number of methoxy groups -OCH3 is 3. The van der Waals surface area contributed by atoms with Crippen LogP contribution in [0.2, 0.25) is 0 Å². The van der Waals surface area contributed by atoms with Crippen molar-refractivity contribution in [3.63, 3.8) is 0 Å². The maximum atomic E-state index is 13.6. The number of nitrogens with two attached hydrogens (primary N) is 1. The van der Waals surface area contributed by atoms with Gasteiger partial charge in [-0.25, -0.2) is 9.98 Å². The third kappa shape index (κ3) is 5.43. The third-order valence-corrected chi connectivity index (χ3v) is 7.30. The average molecular weight is 546 g/mol. The standard InChI is InChI=1S/C29H35N7O4/c1-18-6-7-22-21(12-18)25(28(37)36(22)17-35-10-8-34(2)9-11-35)32-29-31-16-20(27(30)33-29)13-19-14-23(38-3)26(40-5)24(15-19)39-4/h6-7,12,14-16H,8-11,13,17H2,1-5H3,(H2,30,31,33)/b32-25-. The fraction of sp³-hybridized carbons (Fsp3) is 0.379. The summed E-state index contributed by atoms with van der Waals surface area (Å²) in [7, 11) is 6.82. The number of likely N-dealkylation sites (N-methyl/N-ethyl adjacent to an activating group) is 1. The molecule has 2 aliphatic rings. The number of piperazine rings is 1. The smallest absolute Gasteiger partial charge is 0.278 e. The molecule has 1 amide bonds. The summed E-state index contributed by atoms with van der Waals surface area (Å²) >= 11 is 0. The molecule has 0 spiro atoms. The van der Waals surface area contributed by atoms with E-state index in [4.69, 9.17) is 19.9 Å². The van der Waals surface area contributed by atoms with Gasteiger partial charge in [-0.1, -0.05) is 11.6 Å². The van der Waals surface area contributed by atoms with Gasteiger partial charge in [0.05, 0.1) is 33.7 Å². The number of nitrogens with zero attached hydrogens (tertiary/aromatic N) is 6. The first-order chi connectivity index (χ1) is 19.3. The summed E-state index contributed by atoms with van der Waals surface area (Å²) in [5, 5.41) is 0. The maximum absolute atomic E-state index is 13.6. The topological polar surface area (TPSA) is 119 Å². The molecular weight excluding hydrogens is 510 g/mol. The van der Waals surface area contributed by atoms with Crippen LogP contribution in [0.25, 0.3) is 0 Å². The molecule has 11 nitrogen and oxygen atoms in total. The molecule has 0 saturated carbocycles. The lowest BCUT2D eigenvalue weighted by Crippen LogP contribution is -2.49. The second-order valence-electron chi connectivity index (χ2n) is 10.1. The van der Waals surface area contributed by atoms with Crippen molar-refractivity contribution in [1.82, 2.24) is 19.8 Å². The summed E-state index contributed by atoms with van der Waals surface area (Å²) in [6.45, 7) is 6.26. The van der Waals surface area contributed by atoms with E-state index in [9.17, 15) is 4.79 Å². The molecule has 1 saturated heterocycles. The molecule has 5 rings (SSSR count). The number of nitrogen functional groups attached to an aromatic ring is 1. The van der Waals surface area contributed by atoms with Crippen LogP contribution in [0.3, 0.4) is 0 Å². The number of carbonyl (C=O) groups is 1. The molecule has 1 aromatic heterocycles. The molecule has 40 heavy (non-hydrogen) atoms. The van der Waals surface area contributed by atoms with Gasteiger partial charge in [0.2, 0.25) is 5.75 Å². The fourth-order valence-corrected chi connectivity index (χ4v) is 5.02. The third-order valence-electron chi connectivity index (χ3n) is 7.30. The Bertz CT molecular complexity index is 1430. The van der Waals surface area contributed by atoms with E-state index >= 15 is 0 Å². The molecule has 3 heterocycles. The van der Waals surface area contributed by atoms with Crippen LogP contribution < -0.4 is 24.8 Å². The van der Waals surface area contributed by atoms with Crippen LogP contribution in [0.4, 0.5) is 17.5 Å². The van der Waals surface area contributed by atoms with E-state index in [1.807, 2.05) is 37.3 Å². The van der Waals surface area contributed by atoms with Crippen molar-refractivity contribution in [1.29, 1.82) is 0 Å². The Kier molecular flexibility index (Phi) is 7.85. The van der Waals surface area contributed by atoms with Crippen LogP contribution in [-0.4, -0.2) is 92.6 Å². The van der Waals surface area contributed by atoms with E-state index in [0.29, 0.717) is 41.6 Å². The van der Waals surface area contributed by atoms with Crippen LogP contribution >= 0.6 is 0 Å². The molecular formula is C29H35N7O4. The number of rotatable bonds is 8. The molecule has 2 N–H and O–H groups in total. The molecule has 0 atom stereocenters. The first-order valence-corrected chi connectivity index (χ1v) is 13.1. The van der Waals surface area contributed by atoms with Crippen LogP contribution in [-0.2, 0) is 11.2 Å². The molecule has 210 valence electrons. The van der Waals surface area contributed by atoms with E-state index in [0.717, 1.165) is 48.6 Å². The van der Waals surface area contributed by atoms with E-state index in [1.54, 1.807) is 32.4 Å². The van der Waals surface area contributed by atoms with Gasteiger partial charge in [-0.2, -0.15) is 4.98 Å². The number of aliphatic imine (C=N–C) groups is 1. The second-order valence-corrected chi connectivity index (χ2v) is 10.1. The number of ether oxygens (including phenoxy) is 3. The van der Waals surface area contributed by atoms with Crippen LogP contribution in [0.1, 0.15) is 22.3 Å². The van der Waals surface area contributed by atoms with Gasteiger partial charge >= 0.3 is 0 Å². The van der Waals surface area contributed by atoms with Crippen molar-refractivity contribution in [3.8, 4) is 17.2 Å². The number of amides is 1. The summed E-state index contributed by atoms with van der Waals surface area (Å²) in [6, 6.07) is 9.70. The Morgan fingerprint density at radius 1 is 1.00 bits per heavy atom. The van der Waals surface area contributed by atoms with Crippen LogP contribution in [0.5, 0.6) is 17.2 Å². The van der Waals surface area contributed by atoms with Gasteiger partial charge in [-0.3, -0.25) is 14.6 Å². The quantitative estimate of drug-likeness (QED) is 0.456. The Morgan fingerprint density at radius 2 is 1.70 bits per heavy atom. The zero-order valence-corrected chi connectivity index (χ0v) is 23.6. The molecule has 1 fully saturated rings. The number of benzene rings is 2. The number of fused-ring (bicyclic) bond motifs is 1. The first kappa shape index (κ1) is 27.4. The van der Waals surface area contributed by atoms with E-state index in [1.165, 1.54) is 0 Å². The van der Waals surface area contributed by atoms with E-state index in [2.05, 4.69) is 31.8 Å². The van der Waals surface area contributed by atoms with E-state index in [-0.39, 0.29) is 17.7 Å². The minimum atomic E-state index is -0.164. The van der Waals surface area contributed by atoms with Crippen molar-refractivity contribution >= 4 is 29.1 Å². The highest BCUT2D eigenvalue weighted by Crippen LogP contribution is 2.39. The van der Waals surface area contributed by atoms with Crippen molar-refractivity contribution in [2.24, 2.45) is 4.99 Å². The number of aromatic nitrogens is 2. The average Bonchev–Trinajstić information content (AvgIpc) is 3.20. The monoisotopic (exact) mass is 545 g/mol. The lowest BCUT2D eigenvalue weighted by atomic mass is 10.1. The van der Waals surface area contributed by atoms with Gasteiger partial charge in [-0.15, -0.1) is 0 Å². The highest BCUT2D eigenvalue weighted by molar-refractivity contribution is 6.54. The predicted molar refractivity (Wildman–Crippen MR) is 154 cm³/mol. The molecule has 0 bridgehead atoms. The fourth-order valence-electron chi connectivity index (χ4n) is 5.02. The summed E-state index contributed by atoms with van der Waals surface area (Å²) in [6.07, 6.45) is 2.09. The number of hydrogen-bond acceptors (Lipinski definition) is 10. The van der Waals surface area contributed by atoms with Crippen LogP contribution in [0, 0.1) is 6.92 Å².